The Labute approximate surface area is 79.4 Å². The normalized spacial score (nSPS) is 22.7. The van der Waals surface area contributed by atoms with Crippen LogP contribution in [-0.2, 0) is 14.3 Å². The first kappa shape index (κ1) is 10.5. The van der Waals surface area contributed by atoms with Crippen LogP contribution in [0.5, 0.6) is 0 Å². The second kappa shape index (κ2) is 5.97. The third-order valence-corrected chi connectivity index (χ3v) is 2.16. The van der Waals surface area contributed by atoms with Crippen molar-refractivity contribution >= 4 is 5.97 Å². The average Bonchev–Trinajstić information content (AvgIpc) is 2.17. The largest absolute Gasteiger partial charge is 0.463 e. The fourth-order valence-corrected chi connectivity index (χ4v) is 1.40. The molecule has 1 atom stereocenters. The lowest BCUT2D eigenvalue weighted by molar-refractivity contribution is -0.149. The number of hydrogen-bond donors (Lipinski definition) is 0. The van der Waals surface area contributed by atoms with Crippen molar-refractivity contribution in [3.05, 3.63) is 0 Å². The molecule has 1 aliphatic heterocycles. The van der Waals surface area contributed by atoms with E-state index in [0.29, 0.717) is 13.0 Å². The lowest BCUT2D eigenvalue weighted by Gasteiger charge is -2.21. The summed E-state index contributed by atoms with van der Waals surface area (Å²) in [5.41, 5.74) is 0. The van der Waals surface area contributed by atoms with Crippen molar-refractivity contribution in [1.82, 2.24) is 0 Å². The van der Waals surface area contributed by atoms with Crippen LogP contribution in [0.25, 0.3) is 0 Å². The molecule has 0 saturated carbocycles. The van der Waals surface area contributed by atoms with Crippen molar-refractivity contribution in [2.45, 2.75) is 45.1 Å². The molecule has 0 N–H and O–H groups in total. The second-order valence-electron chi connectivity index (χ2n) is 3.42. The Morgan fingerprint density at radius 1 is 1.54 bits per heavy atom. The number of rotatable bonds is 4. The molecule has 3 heteroatoms. The number of carbonyl (C=O) groups excluding carboxylic acids is 1. The van der Waals surface area contributed by atoms with E-state index in [2.05, 4.69) is 0 Å². The molecule has 0 aromatic rings. The molecule has 0 aliphatic carbocycles. The van der Waals surface area contributed by atoms with Crippen molar-refractivity contribution < 1.29 is 14.3 Å². The van der Waals surface area contributed by atoms with Crippen molar-refractivity contribution in [2.75, 3.05) is 13.2 Å². The van der Waals surface area contributed by atoms with Crippen LogP contribution in [0, 0.1) is 0 Å². The first-order valence-corrected chi connectivity index (χ1v) is 5.10. The zero-order valence-corrected chi connectivity index (χ0v) is 8.25. The molecule has 13 heavy (non-hydrogen) atoms. The van der Waals surface area contributed by atoms with Crippen LogP contribution in [0.3, 0.4) is 0 Å². The molecule has 0 aromatic heterocycles. The molecule has 1 fully saturated rings. The quantitative estimate of drug-likeness (QED) is 0.629. The highest BCUT2D eigenvalue weighted by atomic mass is 16.6. The molecule has 0 amide bonds. The van der Waals surface area contributed by atoms with Gasteiger partial charge in [0, 0.05) is 13.0 Å². The summed E-state index contributed by atoms with van der Waals surface area (Å²) in [6.07, 6.45) is 4.88. The minimum Gasteiger partial charge on any atom is -0.463 e. The summed E-state index contributed by atoms with van der Waals surface area (Å²) in [6, 6.07) is 0. The van der Waals surface area contributed by atoms with Crippen LogP contribution in [0.4, 0.5) is 0 Å². The third-order valence-electron chi connectivity index (χ3n) is 2.16. The van der Waals surface area contributed by atoms with Crippen LogP contribution < -0.4 is 0 Å². The Bertz CT molecular complexity index is 150. The van der Waals surface area contributed by atoms with Crippen LogP contribution >= 0.6 is 0 Å². The first-order chi connectivity index (χ1) is 6.33. The zero-order valence-electron chi connectivity index (χ0n) is 8.25. The summed E-state index contributed by atoms with van der Waals surface area (Å²) in [4.78, 5) is 11.0. The summed E-state index contributed by atoms with van der Waals surface area (Å²) in [7, 11) is 0. The Morgan fingerprint density at radius 3 is 3.00 bits per heavy atom. The van der Waals surface area contributed by atoms with Crippen molar-refractivity contribution in [3.8, 4) is 0 Å². The summed E-state index contributed by atoms with van der Waals surface area (Å²) < 4.78 is 10.5. The summed E-state index contributed by atoms with van der Waals surface area (Å²) in [5.74, 6) is -0.100. The lowest BCUT2D eigenvalue weighted by atomic mass is 10.1. The monoisotopic (exact) mass is 186 g/mol. The van der Waals surface area contributed by atoms with E-state index >= 15 is 0 Å². The van der Waals surface area contributed by atoms with E-state index in [1.165, 1.54) is 6.42 Å². The van der Waals surface area contributed by atoms with Gasteiger partial charge in [-0.15, -0.1) is 0 Å². The SMILES string of the molecule is CCCC(=O)OCC1CCCCO1. The molecule has 0 aromatic carbocycles. The average molecular weight is 186 g/mol. The van der Waals surface area contributed by atoms with E-state index in [1.54, 1.807) is 0 Å². The molecule has 1 heterocycles. The van der Waals surface area contributed by atoms with Gasteiger partial charge >= 0.3 is 5.97 Å². The second-order valence-corrected chi connectivity index (χ2v) is 3.42. The maximum Gasteiger partial charge on any atom is 0.305 e. The van der Waals surface area contributed by atoms with Crippen molar-refractivity contribution in [2.24, 2.45) is 0 Å². The molecule has 1 aliphatic rings. The van der Waals surface area contributed by atoms with Gasteiger partial charge in [-0.2, -0.15) is 0 Å². The predicted octanol–water partition coefficient (Wildman–Crippen LogP) is 1.90. The fraction of sp³-hybridized carbons (Fsp3) is 0.900. The number of hydrogen-bond acceptors (Lipinski definition) is 3. The van der Waals surface area contributed by atoms with E-state index in [1.807, 2.05) is 6.92 Å². The lowest BCUT2D eigenvalue weighted by Crippen LogP contribution is -2.25. The van der Waals surface area contributed by atoms with Gasteiger partial charge in [0.05, 0.1) is 6.10 Å². The van der Waals surface area contributed by atoms with E-state index in [4.69, 9.17) is 9.47 Å². The Morgan fingerprint density at radius 2 is 2.38 bits per heavy atom. The highest BCUT2D eigenvalue weighted by Crippen LogP contribution is 2.12. The zero-order chi connectivity index (χ0) is 9.52. The molecule has 0 bridgehead atoms. The van der Waals surface area contributed by atoms with Crippen molar-refractivity contribution in [1.29, 1.82) is 0 Å². The Kier molecular flexibility index (Phi) is 4.83. The van der Waals surface area contributed by atoms with Gasteiger partial charge in [0.25, 0.3) is 0 Å². The molecule has 1 unspecified atom stereocenters. The highest BCUT2D eigenvalue weighted by molar-refractivity contribution is 5.69. The predicted molar refractivity (Wildman–Crippen MR) is 49.5 cm³/mol. The van der Waals surface area contributed by atoms with Crippen LogP contribution in [0.2, 0.25) is 0 Å². The van der Waals surface area contributed by atoms with Gasteiger partial charge in [0.1, 0.15) is 6.61 Å². The number of carbonyl (C=O) groups is 1. The molecular weight excluding hydrogens is 168 g/mol. The van der Waals surface area contributed by atoms with Gasteiger partial charge in [-0.05, 0) is 25.7 Å². The molecule has 1 saturated heterocycles. The molecule has 1 rings (SSSR count). The van der Waals surface area contributed by atoms with Gasteiger partial charge in [-0.25, -0.2) is 0 Å². The van der Waals surface area contributed by atoms with Gasteiger partial charge in [0.15, 0.2) is 0 Å². The smallest absolute Gasteiger partial charge is 0.305 e. The minimum atomic E-state index is -0.100. The maximum absolute atomic E-state index is 11.0. The fourth-order valence-electron chi connectivity index (χ4n) is 1.40. The van der Waals surface area contributed by atoms with E-state index < -0.39 is 0 Å². The van der Waals surface area contributed by atoms with Crippen LogP contribution in [0.1, 0.15) is 39.0 Å². The molecule has 3 nitrogen and oxygen atoms in total. The number of ether oxygens (including phenoxy) is 2. The molecule has 0 spiro atoms. The first-order valence-electron chi connectivity index (χ1n) is 5.10. The van der Waals surface area contributed by atoms with Gasteiger partial charge in [0.2, 0.25) is 0 Å². The van der Waals surface area contributed by atoms with E-state index in [9.17, 15) is 4.79 Å². The van der Waals surface area contributed by atoms with Crippen LogP contribution in [-0.4, -0.2) is 25.3 Å². The Hall–Kier alpha value is -0.570. The minimum absolute atomic E-state index is 0.100. The van der Waals surface area contributed by atoms with Gasteiger partial charge in [-0.1, -0.05) is 6.92 Å². The highest BCUT2D eigenvalue weighted by Gasteiger charge is 2.15. The van der Waals surface area contributed by atoms with E-state index in [-0.39, 0.29) is 12.1 Å². The molecule has 76 valence electrons. The van der Waals surface area contributed by atoms with Crippen LogP contribution in [0.15, 0.2) is 0 Å². The van der Waals surface area contributed by atoms with E-state index in [0.717, 1.165) is 25.9 Å². The number of esters is 1. The topological polar surface area (TPSA) is 35.5 Å². The van der Waals surface area contributed by atoms with Crippen molar-refractivity contribution in [3.63, 3.8) is 0 Å². The third kappa shape index (κ3) is 4.27. The van der Waals surface area contributed by atoms with Gasteiger partial charge in [-0.3, -0.25) is 4.79 Å². The molecular formula is C10H18O3. The Balaban J connectivity index is 2.06. The summed E-state index contributed by atoms with van der Waals surface area (Å²) in [6.45, 7) is 3.23. The molecule has 0 radical (unpaired) electrons. The maximum atomic E-state index is 11.0. The summed E-state index contributed by atoms with van der Waals surface area (Å²) >= 11 is 0. The summed E-state index contributed by atoms with van der Waals surface area (Å²) in [5, 5.41) is 0. The standard InChI is InChI=1S/C10H18O3/c1-2-5-10(11)13-8-9-6-3-4-7-12-9/h9H,2-8H2,1H3. The van der Waals surface area contributed by atoms with Gasteiger partial charge < -0.3 is 9.47 Å².